The van der Waals surface area contributed by atoms with Crippen LogP contribution in [0.15, 0.2) is 48.7 Å². The van der Waals surface area contributed by atoms with Crippen LogP contribution >= 0.6 is 0 Å². The highest BCUT2D eigenvalue weighted by molar-refractivity contribution is 6.08. The summed E-state index contributed by atoms with van der Waals surface area (Å²) in [7, 11) is 0. The lowest BCUT2D eigenvalue weighted by atomic mass is 10.0. The van der Waals surface area contributed by atoms with Gasteiger partial charge in [0.2, 0.25) is 5.82 Å². The van der Waals surface area contributed by atoms with Crippen LogP contribution in [-0.4, -0.2) is 39.2 Å². The molecule has 0 saturated carbocycles. The summed E-state index contributed by atoms with van der Waals surface area (Å²) in [4.78, 5) is 32.0. The highest BCUT2D eigenvalue weighted by Crippen LogP contribution is 2.21. The van der Waals surface area contributed by atoms with E-state index < -0.39 is 11.7 Å². The zero-order chi connectivity index (χ0) is 19.7. The number of halogens is 1. The normalized spacial score (nSPS) is 16.9. The predicted molar refractivity (Wildman–Crippen MR) is 104 cm³/mol. The van der Waals surface area contributed by atoms with Crippen LogP contribution in [-0.2, 0) is 0 Å². The molecular weight excluding hydrogens is 359 g/mol. The predicted octanol–water partition coefficient (Wildman–Crippen LogP) is 3.60. The Kier molecular flexibility index (Phi) is 4.81. The SMILES string of the molecule is CC1CCCN(C(=O)c2nc(C(=O)Nc3cccc(F)c3)c3ccccn23)C1. The van der Waals surface area contributed by atoms with E-state index in [1.54, 1.807) is 39.8 Å². The number of hydrogen-bond donors (Lipinski definition) is 1. The van der Waals surface area contributed by atoms with E-state index in [2.05, 4.69) is 17.2 Å². The van der Waals surface area contributed by atoms with Crippen LogP contribution < -0.4 is 5.32 Å². The average Bonchev–Trinajstić information content (AvgIpc) is 3.07. The molecule has 7 heteroatoms. The van der Waals surface area contributed by atoms with Gasteiger partial charge in [-0.1, -0.05) is 19.1 Å². The van der Waals surface area contributed by atoms with Crippen molar-refractivity contribution in [1.29, 1.82) is 0 Å². The molecule has 3 heterocycles. The number of benzene rings is 1. The summed E-state index contributed by atoms with van der Waals surface area (Å²) >= 11 is 0. The van der Waals surface area contributed by atoms with Crippen molar-refractivity contribution in [3.05, 3.63) is 66.0 Å². The zero-order valence-electron chi connectivity index (χ0n) is 15.6. The Morgan fingerprint density at radius 2 is 2.07 bits per heavy atom. The lowest BCUT2D eigenvalue weighted by Crippen LogP contribution is -2.39. The maximum atomic E-state index is 13.4. The van der Waals surface area contributed by atoms with Crippen LogP contribution in [0.25, 0.3) is 5.52 Å². The number of carbonyl (C=O) groups excluding carboxylic acids is 2. The van der Waals surface area contributed by atoms with Crippen molar-refractivity contribution < 1.29 is 14.0 Å². The summed E-state index contributed by atoms with van der Waals surface area (Å²) in [6.07, 6.45) is 3.79. The van der Waals surface area contributed by atoms with Gasteiger partial charge in [-0.3, -0.25) is 14.0 Å². The van der Waals surface area contributed by atoms with E-state index in [4.69, 9.17) is 0 Å². The molecule has 144 valence electrons. The first kappa shape index (κ1) is 18.2. The standard InChI is InChI=1S/C21H21FN4O2/c1-14-6-5-10-25(13-14)21(28)19-24-18(17-9-2-3-11-26(17)19)20(27)23-16-8-4-7-15(22)12-16/h2-4,7-9,11-12,14H,5-6,10,13H2,1H3,(H,23,27). The fourth-order valence-electron chi connectivity index (χ4n) is 3.63. The van der Waals surface area contributed by atoms with Crippen LogP contribution in [0, 0.1) is 11.7 Å². The molecule has 1 fully saturated rings. The van der Waals surface area contributed by atoms with E-state index in [9.17, 15) is 14.0 Å². The van der Waals surface area contributed by atoms with Crippen molar-refractivity contribution in [3.8, 4) is 0 Å². The number of pyridine rings is 1. The van der Waals surface area contributed by atoms with E-state index in [0.717, 1.165) is 12.8 Å². The second-order valence-corrected chi connectivity index (χ2v) is 7.20. The fraction of sp³-hybridized carbons (Fsp3) is 0.286. The largest absolute Gasteiger partial charge is 0.336 e. The van der Waals surface area contributed by atoms with Crippen LogP contribution in [0.2, 0.25) is 0 Å². The number of anilines is 1. The molecule has 2 aromatic heterocycles. The number of imidazole rings is 1. The third-order valence-electron chi connectivity index (χ3n) is 4.98. The molecule has 28 heavy (non-hydrogen) atoms. The Balaban J connectivity index is 1.68. The first-order chi connectivity index (χ1) is 13.5. The molecule has 0 bridgehead atoms. The molecule has 1 aliphatic rings. The lowest BCUT2D eigenvalue weighted by Gasteiger charge is -2.30. The van der Waals surface area contributed by atoms with E-state index in [0.29, 0.717) is 30.2 Å². The molecule has 2 amide bonds. The van der Waals surface area contributed by atoms with Crippen LogP contribution in [0.4, 0.5) is 10.1 Å². The highest BCUT2D eigenvalue weighted by Gasteiger charge is 2.27. The molecule has 1 N–H and O–H groups in total. The number of nitrogens with zero attached hydrogens (tertiary/aromatic N) is 3. The second-order valence-electron chi connectivity index (χ2n) is 7.20. The minimum atomic E-state index is -0.486. The van der Waals surface area contributed by atoms with Crippen LogP contribution in [0.5, 0.6) is 0 Å². The van der Waals surface area contributed by atoms with Gasteiger partial charge in [-0.15, -0.1) is 0 Å². The Bertz CT molecular complexity index is 1050. The Morgan fingerprint density at radius 3 is 2.86 bits per heavy atom. The molecule has 3 aromatic rings. The van der Waals surface area contributed by atoms with Gasteiger partial charge in [-0.25, -0.2) is 9.37 Å². The van der Waals surface area contributed by atoms with Gasteiger partial charge in [0.15, 0.2) is 5.69 Å². The van der Waals surface area contributed by atoms with Crippen molar-refractivity contribution in [2.45, 2.75) is 19.8 Å². The molecule has 1 unspecified atom stereocenters. The number of hydrogen-bond acceptors (Lipinski definition) is 3. The van der Waals surface area contributed by atoms with Gasteiger partial charge in [0.05, 0.1) is 5.52 Å². The Hall–Kier alpha value is -3.22. The van der Waals surface area contributed by atoms with Gasteiger partial charge in [-0.05, 0) is 49.1 Å². The smallest absolute Gasteiger partial charge is 0.290 e. The maximum Gasteiger partial charge on any atom is 0.290 e. The minimum Gasteiger partial charge on any atom is -0.336 e. The maximum absolute atomic E-state index is 13.4. The van der Waals surface area contributed by atoms with Crippen LogP contribution in [0.1, 0.15) is 40.9 Å². The van der Waals surface area contributed by atoms with E-state index in [1.807, 2.05) is 0 Å². The zero-order valence-corrected chi connectivity index (χ0v) is 15.6. The van der Waals surface area contributed by atoms with Gasteiger partial charge in [0.25, 0.3) is 11.8 Å². The molecule has 1 atom stereocenters. The monoisotopic (exact) mass is 380 g/mol. The summed E-state index contributed by atoms with van der Waals surface area (Å²) in [6.45, 7) is 3.50. The van der Waals surface area contributed by atoms with E-state index >= 15 is 0 Å². The topological polar surface area (TPSA) is 66.7 Å². The summed E-state index contributed by atoms with van der Waals surface area (Å²) in [6, 6.07) is 11.0. The number of carbonyl (C=O) groups is 2. The summed E-state index contributed by atoms with van der Waals surface area (Å²) < 4.78 is 15.0. The number of fused-ring (bicyclic) bond motifs is 1. The number of amides is 2. The first-order valence-electron chi connectivity index (χ1n) is 9.36. The molecule has 1 aromatic carbocycles. The van der Waals surface area contributed by atoms with Gasteiger partial charge in [0.1, 0.15) is 5.82 Å². The second kappa shape index (κ2) is 7.42. The van der Waals surface area contributed by atoms with Crippen molar-refractivity contribution in [1.82, 2.24) is 14.3 Å². The first-order valence-corrected chi connectivity index (χ1v) is 9.36. The van der Waals surface area contributed by atoms with Crippen LogP contribution in [0.3, 0.4) is 0 Å². The molecule has 0 aliphatic carbocycles. The molecule has 0 radical (unpaired) electrons. The summed E-state index contributed by atoms with van der Waals surface area (Å²) in [5, 5.41) is 2.65. The van der Waals surface area contributed by atoms with E-state index in [1.165, 1.54) is 18.2 Å². The molecule has 1 aliphatic heterocycles. The summed E-state index contributed by atoms with van der Waals surface area (Å²) in [5.74, 6) is -0.450. The number of rotatable bonds is 3. The number of aromatic nitrogens is 2. The van der Waals surface area contributed by atoms with Gasteiger partial charge in [-0.2, -0.15) is 0 Å². The van der Waals surface area contributed by atoms with Gasteiger partial charge in [0, 0.05) is 25.0 Å². The van der Waals surface area contributed by atoms with Crippen molar-refractivity contribution >= 4 is 23.0 Å². The molecule has 6 nitrogen and oxygen atoms in total. The number of piperidine rings is 1. The van der Waals surface area contributed by atoms with Crippen molar-refractivity contribution in [2.75, 3.05) is 18.4 Å². The van der Waals surface area contributed by atoms with Crippen molar-refractivity contribution in [2.24, 2.45) is 5.92 Å². The van der Waals surface area contributed by atoms with E-state index in [-0.39, 0.29) is 17.4 Å². The van der Waals surface area contributed by atoms with Gasteiger partial charge < -0.3 is 10.2 Å². The van der Waals surface area contributed by atoms with Crippen molar-refractivity contribution in [3.63, 3.8) is 0 Å². The Morgan fingerprint density at radius 1 is 1.21 bits per heavy atom. The fourth-order valence-corrected chi connectivity index (χ4v) is 3.63. The lowest BCUT2D eigenvalue weighted by molar-refractivity contribution is 0.0670. The minimum absolute atomic E-state index is 0.137. The average molecular weight is 380 g/mol. The number of likely N-dealkylation sites (tertiary alicyclic amines) is 1. The summed E-state index contributed by atoms with van der Waals surface area (Å²) in [5.41, 5.74) is 1.00. The van der Waals surface area contributed by atoms with Gasteiger partial charge >= 0.3 is 0 Å². The molecular formula is C21H21FN4O2. The third-order valence-corrected chi connectivity index (χ3v) is 4.98. The molecule has 1 saturated heterocycles. The molecule has 0 spiro atoms. The quantitative estimate of drug-likeness (QED) is 0.755. The third kappa shape index (κ3) is 3.47. The Labute approximate surface area is 162 Å². The highest BCUT2D eigenvalue weighted by atomic mass is 19.1. The molecule has 4 rings (SSSR count). The number of nitrogens with one attached hydrogen (secondary N) is 1.